The summed E-state index contributed by atoms with van der Waals surface area (Å²) in [4.78, 5) is 27.8. The van der Waals surface area contributed by atoms with E-state index >= 15 is 0 Å². The van der Waals surface area contributed by atoms with Crippen LogP contribution in [0, 0.1) is 25.2 Å². The van der Waals surface area contributed by atoms with E-state index in [1.807, 2.05) is 32.0 Å². The van der Waals surface area contributed by atoms with E-state index in [2.05, 4.69) is 10.2 Å². The first-order valence-electron chi connectivity index (χ1n) is 15.5. The number of carbonyl (C=O) groups excluding carboxylic acids is 1. The second-order valence-electron chi connectivity index (χ2n) is 11.5. The average Bonchev–Trinajstić information content (AvgIpc) is 3.06. The van der Waals surface area contributed by atoms with Crippen LogP contribution in [0.15, 0.2) is 77.6 Å². The van der Waals surface area contributed by atoms with Crippen molar-refractivity contribution >= 4 is 11.8 Å². The van der Waals surface area contributed by atoms with E-state index in [-0.39, 0.29) is 12.2 Å². The van der Waals surface area contributed by atoms with Crippen LogP contribution < -0.4 is 15.6 Å². The Bertz CT molecular complexity index is 1840. The van der Waals surface area contributed by atoms with Gasteiger partial charge in [0.15, 0.2) is 0 Å². The van der Waals surface area contributed by atoms with Gasteiger partial charge in [-0.25, -0.2) is 4.79 Å². The molecule has 0 spiro atoms. The molecule has 12 heteroatoms. The molecule has 1 saturated heterocycles. The molecule has 1 N–H and O–H groups in total. The fourth-order valence-electron chi connectivity index (χ4n) is 5.44. The molecule has 0 unspecified atom stereocenters. The second kappa shape index (κ2) is 15.2. The van der Waals surface area contributed by atoms with Crippen LogP contribution in [0.4, 0.5) is 23.7 Å². The van der Waals surface area contributed by atoms with E-state index in [0.717, 1.165) is 62.0 Å². The molecule has 5 rings (SSSR count). The maximum atomic E-state index is 14.0. The van der Waals surface area contributed by atoms with Gasteiger partial charge in [-0.2, -0.15) is 18.4 Å². The summed E-state index contributed by atoms with van der Waals surface area (Å²) in [5, 5.41) is 12.2. The molecule has 0 bridgehead atoms. The Morgan fingerprint density at radius 1 is 0.979 bits per heavy atom. The lowest BCUT2D eigenvalue weighted by Gasteiger charge is -2.26. The SMILES string of the molecule is Cc1ccc(Cn2c(-c3ccc(Oc4ccc(NC(=O)OCCCN5CCOCC5)cc4)cc3)cc(C(F)(F)F)c(C#N)c2=O)c(C)c1. The topological polar surface area (TPSA) is 106 Å². The minimum atomic E-state index is -4.90. The number of nitriles is 1. The molecule has 0 radical (unpaired) electrons. The Kier molecular flexibility index (Phi) is 10.8. The minimum Gasteiger partial charge on any atom is -0.457 e. The number of alkyl halides is 3. The zero-order valence-corrected chi connectivity index (χ0v) is 26.6. The highest BCUT2D eigenvalue weighted by Gasteiger charge is 2.36. The van der Waals surface area contributed by atoms with Crippen LogP contribution in [-0.4, -0.2) is 55.0 Å². The van der Waals surface area contributed by atoms with E-state index in [4.69, 9.17) is 14.2 Å². The van der Waals surface area contributed by atoms with Crippen molar-refractivity contribution in [1.82, 2.24) is 9.47 Å². The molecule has 3 aromatic carbocycles. The molecule has 1 fully saturated rings. The van der Waals surface area contributed by atoms with Crippen LogP contribution in [0.25, 0.3) is 11.3 Å². The third-order valence-electron chi connectivity index (χ3n) is 7.99. The lowest BCUT2D eigenvalue weighted by atomic mass is 10.0. The predicted octanol–water partition coefficient (Wildman–Crippen LogP) is 7.13. The molecule has 250 valence electrons. The number of aromatic nitrogens is 1. The fourth-order valence-corrected chi connectivity index (χ4v) is 5.44. The lowest BCUT2D eigenvalue weighted by Crippen LogP contribution is -2.37. The number of amides is 1. The van der Waals surface area contributed by atoms with E-state index in [1.54, 1.807) is 48.5 Å². The average molecular weight is 661 g/mol. The number of nitrogens with one attached hydrogen (secondary N) is 1. The van der Waals surface area contributed by atoms with Crippen LogP contribution in [0.5, 0.6) is 11.5 Å². The Labute approximate surface area is 276 Å². The van der Waals surface area contributed by atoms with Gasteiger partial charge in [0, 0.05) is 25.3 Å². The van der Waals surface area contributed by atoms with Crippen molar-refractivity contribution in [2.45, 2.75) is 33.0 Å². The molecule has 48 heavy (non-hydrogen) atoms. The van der Waals surface area contributed by atoms with Gasteiger partial charge >= 0.3 is 12.3 Å². The van der Waals surface area contributed by atoms with E-state index in [1.165, 1.54) is 10.6 Å². The van der Waals surface area contributed by atoms with Crippen molar-refractivity contribution in [3.8, 4) is 28.8 Å². The number of anilines is 1. The molecule has 0 aliphatic carbocycles. The Balaban J connectivity index is 1.27. The molecule has 9 nitrogen and oxygen atoms in total. The molecule has 1 aliphatic heterocycles. The number of halogens is 3. The molecule has 0 atom stereocenters. The van der Waals surface area contributed by atoms with Gasteiger partial charge in [-0.1, -0.05) is 23.8 Å². The maximum absolute atomic E-state index is 14.0. The summed E-state index contributed by atoms with van der Waals surface area (Å²) >= 11 is 0. The first kappa shape index (κ1) is 34.2. The Morgan fingerprint density at radius 2 is 1.65 bits per heavy atom. The number of aryl methyl sites for hydroxylation is 2. The van der Waals surface area contributed by atoms with E-state index < -0.39 is 29.0 Å². The fraction of sp³-hybridized carbons (Fsp3) is 0.306. The zero-order chi connectivity index (χ0) is 34.3. The van der Waals surface area contributed by atoms with Crippen LogP contribution >= 0.6 is 0 Å². The summed E-state index contributed by atoms with van der Waals surface area (Å²) in [5.74, 6) is 0.851. The highest BCUT2D eigenvalue weighted by atomic mass is 19.4. The summed E-state index contributed by atoms with van der Waals surface area (Å²) in [6.45, 7) is 8.07. The summed E-state index contributed by atoms with van der Waals surface area (Å²) in [6.07, 6.45) is -4.74. The van der Waals surface area contributed by atoms with Gasteiger partial charge in [-0.3, -0.25) is 15.0 Å². The summed E-state index contributed by atoms with van der Waals surface area (Å²) in [5.41, 5.74) is 0.216. The molecule has 1 amide bonds. The minimum absolute atomic E-state index is 0.0151. The molecule has 1 aromatic heterocycles. The van der Waals surface area contributed by atoms with Crippen LogP contribution in [0.3, 0.4) is 0 Å². The van der Waals surface area contributed by atoms with Crippen molar-refractivity contribution in [3.05, 3.63) is 111 Å². The third kappa shape index (κ3) is 8.61. The number of hydrogen-bond donors (Lipinski definition) is 1. The standard InChI is InChI=1S/C36H35F3N4O5/c1-24-4-5-27(25(2)20-24)23-43-33(21-32(36(37,38)39)31(22-40)34(43)44)26-6-10-29(11-7-26)48-30-12-8-28(9-13-30)41-35(45)47-17-3-14-42-15-18-46-19-16-42/h4-13,20-21H,3,14-19,23H2,1-2H3,(H,41,45). The van der Waals surface area contributed by atoms with Gasteiger partial charge in [0.2, 0.25) is 0 Å². The zero-order valence-electron chi connectivity index (χ0n) is 26.6. The Hall–Kier alpha value is -5.12. The smallest absolute Gasteiger partial charge is 0.417 e. The van der Waals surface area contributed by atoms with E-state index in [9.17, 15) is 28.0 Å². The molecule has 1 aliphatic rings. The second-order valence-corrected chi connectivity index (χ2v) is 11.5. The van der Waals surface area contributed by atoms with Crippen molar-refractivity contribution in [3.63, 3.8) is 0 Å². The van der Waals surface area contributed by atoms with Crippen molar-refractivity contribution in [2.24, 2.45) is 0 Å². The summed E-state index contributed by atoms with van der Waals surface area (Å²) < 4.78 is 59.6. The quantitative estimate of drug-likeness (QED) is 0.180. The number of rotatable bonds is 10. The van der Waals surface area contributed by atoms with Gasteiger partial charge in [0.25, 0.3) is 5.56 Å². The summed E-state index contributed by atoms with van der Waals surface area (Å²) in [7, 11) is 0. The molecular weight excluding hydrogens is 625 g/mol. The number of ether oxygens (including phenoxy) is 3. The molecule has 0 saturated carbocycles. The predicted molar refractivity (Wildman–Crippen MR) is 174 cm³/mol. The van der Waals surface area contributed by atoms with Gasteiger partial charge in [0.05, 0.1) is 37.6 Å². The molecular formula is C36H35F3N4O5. The van der Waals surface area contributed by atoms with Crippen LogP contribution in [0.2, 0.25) is 0 Å². The lowest BCUT2D eigenvalue weighted by molar-refractivity contribution is -0.137. The van der Waals surface area contributed by atoms with Gasteiger partial charge < -0.3 is 18.8 Å². The highest BCUT2D eigenvalue weighted by molar-refractivity contribution is 5.84. The van der Waals surface area contributed by atoms with Crippen molar-refractivity contribution < 1.29 is 32.2 Å². The first-order chi connectivity index (χ1) is 23.0. The van der Waals surface area contributed by atoms with Gasteiger partial charge in [-0.15, -0.1) is 0 Å². The molecule has 4 aromatic rings. The number of carbonyl (C=O) groups is 1. The van der Waals surface area contributed by atoms with Gasteiger partial charge in [-0.05, 0) is 91.6 Å². The highest BCUT2D eigenvalue weighted by Crippen LogP contribution is 2.34. The number of nitrogens with zero attached hydrogens (tertiary/aromatic N) is 3. The number of benzene rings is 3. The van der Waals surface area contributed by atoms with Crippen LogP contribution in [-0.2, 0) is 22.2 Å². The number of hydrogen-bond acceptors (Lipinski definition) is 7. The van der Waals surface area contributed by atoms with Crippen LogP contribution in [0.1, 0.15) is 34.2 Å². The normalized spacial score (nSPS) is 13.5. The summed E-state index contributed by atoms with van der Waals surface area (Å²) in [6, 6.07) is 20.8. The van der Waals surface area contributed by atoms with Gasteiger partial charge in [0.1, 0.15) is 23.1 Å². The van der Waals surface area contributed by atoms with Crippen molar-refractivity contribution in [1.29, 1.82) is 5.26 Å². The Morgan fingerprint density at radius 3 is 2.27 bits per heavy atom. The maximum Gasteiger partial charge on any atom is 0.417 e. The third-order valence-corrected chi connectivity index (χ3v) is 7.99. The number of morpholine rings is 1. The molecule has 2 heterocycles. The first-order valence-corrected chi connectivity index (χ1v) is 15.5. The monoisotopic (exact) mass is 660 g/mol. The largest absolute Gasteiger partial charge is 0.457 e. The van der Waals surface area contributed by atoms with Crippen molar-refractivity contribution in [2.75, 3.05) is 44.8 Å². The number of pyridine rings is 1. The van der Waals surface area contributed by atoms with E-state index in [0.29, 0.717) is 29.4 Å².